The van der Waals surface area contributed by atoms with Gasteiger partial charge in [-0.15, -0.1) is 0 Å². The van der Waals surface area contributed by atoms with Crippen molar-refractivity contribution in [3.05, 3.63) is 17.8 Å². The lowest BCUT2D eigenvalue weighted by atomic mass is 10.0. The Labute approximate surface area is 97.6 Å². The minimum atomic E-state index is 0.502. The highest BCUT2D eigenvalue weighted by molar-refractivity contribution is 5.00. The Bertz CT molecular complexity index is 317. The Kier molecular flexibility index (Phi) is 3.99. The van der Waals surface area contributed by atoms with Gasteiger partial charge >= 0.3 is 0 Å². The highest BCUT2D eigenvalue weighted by Crippen LogP contribution is 2.21. The number of nitrogens with one attached hydrogen (secondary N) is 1. The molecule has 2 rings (SSSR count). The third-order valence-electron chi connectivity index (χ3n) is 3.13. The molecule has 3 nitrogen and oxygen atoms in total. The van der Waals surface area contributed by atoms with Crippen molar-refractivity contribution in [2.24, 2.45) is 0 Å². The average Bonchev–Trinajstić information content (AvgIpc) is 2.95. The summed E-state index contributed by atoms with van der Waals surface area (Å²) in [7, 11) is 0. The Morgan fingerprint density at radius 3 is 3.06 bits per heavy atom. The van der Waals surface area contributed by atoms with Gasteiger partial charge in [0.1, 0.15) is 5.76 Å². The van der Waals surface area contributed by atoms with E-state index in [1.165, 1.54) is 25.7 Å². The molecule has 90 valence electrons. The summed E-state index contributed by atoms with van der Waals surface area (Å²) in [6.07, 6.45) is 7.85. The van der Waals surface area contributed by atoms with Gasteiger partial charge in [0.05, 0.1) is 6.20 Å². The van der Waals surface area contributed by atoms with Crippen LogP contribution in [0.25, 0.3) is 0 Å². The monoisotopic (exact) mass is 222 g/mol. The molecule has 1 heterocycles. The number of nitrogens with zero attached hydrogens (tertiary/aromatic N) is 1. The molecule has 0 saturated heterocycles. The van der Waals surface area contributed by atoms with Crippen LogP contribution in [0.1, 0.15) is 57.1 Å². The molecule has 0 bridgehead atoms. The topological polar surface area (TPSA) is 38.1 Å². The van der Waals surface area contributed by atoms with E-state index in [0.717, 1.165) is 30.7 Å². The van der Waals surface area contributed by atoms with E-state index in [1.807, 2.05) is 6.20 Å². The lowest BCUT2D eigenvalue weighted by Gasteiger charge is -2.04. The third-order valence-corrected chi connectivity index (χ3v) is 3.13. The van der Waals surface area contributed by atoms with Gasteiger partial charge in [-0.05, 0) is 19.3 Å². The molecule has 1 atom stereocenters. The standard InChI is InChI=1S/C13H22N2O/c1-3-4-10(2)12-9-15-13(16-12)7-8-14-11-5-6-11/h9-11,14H,3-8H2,1-2H3. The molecule has 0 radical (unpaired) electrons. The lowest BCUT2D eigenvalue weighted by Crippen LogP contribution is -2.19. The zero-order valence-electron chi connectivity index (χ0n) is 10.3. The second kappa shape index (κ2) is 5.48. The second-order valence-corrected chi connectivity index (χ2v) is 4.82. The Morgan fingerprint density at radius 1 is 1.56 bits per heavy atom. The number of aromatic nitrogens is 1. The van der Waals surface area contributed by atoms with Crippen LogP contribution in [0.15, 0.2) is 10.6 Å². The fourth-order valence-corrected chi connectivity index (χ4v) is 1.91. The lowest BCUT2D eigenvalue weighted by molar-refractivity contribution is 0.417. The summed E-state index contributed by atoms with van der Waals surface area (Å²) in [4.78, 5) is 4.33. The normalized spacial score (nSPS) is 17.6. The molecule has 1 aromatic heterocycles. The van der Waals surface area contributed by atoms with Crippen LogP contribution < -0.4 is 5.32 Å². The number of hydrogen-bond acceptors (Lipinski definition) is 3. The third kappa shape index (κ3) is 3.34. The minimum Gasteiger partial charge on any atom is -0.445 e. The van der Waals surface area contributed by atoms with Gasteiger partial charge in [-0.2, -0.15) is 0 Å². The van der Waals surface area contributed by atoms with Crippen LogP contribution in [0, 0.1) is 0 Å². The van der Waals surface area contributed by atoms with Crippen molar-refractivity contribution in [3.63, 3.8) is 0 Å². The number of rotatable bonds is 7. The first-order valence-electron chi connectivity index (χ1n) is 6.47. The van der Waals surface area contributed by atoms with E-state index in [9.17, 15) is 0 Å². The molecule has 1 saturated carbocycles. The summed E-state index contributed by atoms with van der Waals surface area (Å²) in [6.45, 7) is 5.40. The van der Waals surface area contributed by atoms with Crippen molar-refractivity contribution in [1.29, 1.82) is 0 Å². The fraction of sp³-hybridized carbons (Fsp3) is 0.769. The molecule has 1 aliphatic rings. The predicted octanol–water partition coefficient (Wildman–Crippen LogP) is 2.87. The summed E-state index contributed by atoms with van der Waals surface area (Å²) >= 11 is 0. The maximum absolute atomic E-state index is 5.75. The van der Waals surface area contributed by atoms with Gasteiger partial charge in [-0.1, -0.05) is 20.3 Å². The zero-order chi connectivity index (χ0) is 11.4. The van der Waals surface area contributed by atoms with E-state index in [4.69, 9.17) is 4.42 Å². The van der Waals surface area contributed by atoms with Gasteiger partial charge in [0.25, 0.3) is 0 Å². The van der Waals surface area contributed by atoms with Gasteiger partial charge in [0.2, 0.25) is 0 Å². The van der Waals surface area contributed by atoms with Crippen molar-refractivity contribution in [1.82, 2.24) is 10.3 Å². The molecule has 1 aliphatic carbocycles. The summed E-state index contributed by atoms with van der Waals surface area (Å²) in [5.74, 6) is 2.43. The first kappa shape index (κ1) is 11.6. The highest BCUT2D eigenvalue weighted by Gasteiger charge is 2.20. The van der Waals surface area contributed by atoms with Crippen LogP contribution in [-0.2, 0) is 6.42 Å². The molecular weight excluding hydrogens is 200 g/mol. The maximum Gasteiger partial charge on any atom is 0.195 e. The molecule has 0 amide bonds. The minimum absolute atomic E-state index is 0.502. The molecule has 1 unspecified atom stereocenters. The van der Waals surface area contributed by atoms with Gasteiger partial charge in [-0.25, -0.2) is 4.98 Å². The molecule has 0 aliphatic heterocycles. The summed E-state index contributed by atoms with van der Waals surface area (Å²) < 4.78 is 5.75. The molecular formula is C13H22N2O. The molecule has 0 aromatic carbocycles. The van der Waals surface area contributed by atoms with Gasteiger partial charge in [-0.3, -0.25) is 0 Å². The molecule has 1 fully saturated rings. The van der Waals surface area contributed by atoms with E-state index in [2.05, 4.69) is 24.1 Å². The van der Waals surface area contributed by atoms with Crippen LogP contribution in [0.2, 0.25) is 0 Å². The van der Waals surface area contributed by atoms with Crippen molar-refractivity contribution >= 4 is 0 Å². The van der Waals surface area contributed by atoms with E-state index in [-0.39, 0.29) is 0 Å². The first-order valence-corrected chi connectivity index (χ1v) is 6.47. The smallest absolute Gasteiger partial charge is 0.195 e. The highest BCUT2D eigenvalue weighted by atomic mass is 16.4. The summed E-state index contributed by atoms with van der Waals surface area (Å²) in [5.41, 5.74) is 0. The Hall–Kier alpha value is -0.830. The van der Waals surface area contributed by atoms with Crippen LogP contribution in [0.5, 0.6) is 0 Å². The Morgan fingerprint density at radius 2 is 2.38 bits per heavy atom. The Balaban J connectivity index is 1.76. The van der Waals surface area contributed by atoms with Crippen LogP contribution in [0.3, 0.4) is 0 Å². The van der Waals surface area contributed by atoms with Crippen LogP contribution >= 0.6 is 0 Å². The number of oxazole rings is 1. The van der Waals surface area contributed by atoms with E-state index in [0.29, 0.717) is 5.92 Å². The van der Waals surface area contributed by atoms with E-state index >= 15 is 0 Å². The SMILES string of the molecule is CCCC(C)c1cnc(CCNC2CC2)o1. The molecule has 0 spiro atoms. The predicted molar refractivity (Wildman–Crippen MR) is 64.6 cm³/mol. The van der Waals surface area contributed by atoms with Gasteiger partial charge < -0.3 is 9.73 Å². The van der Waals surface area contributed by atoms with Gasteiger partial charge in [0, 0.05) is 24.9 Å². The van der Waals surface area contributed by atoms with Gasteiger partial charge in [0.15, 0.2) is 5.89 Å². The molecule has 3 heteroatoms. The molecule has 1 N–H and O–H groups in total. The molecule has 1 aromatic rings. The summed E-state index contributed by atoms with van der Waals surface area (Å²) in [6, 6.07) is 0.772. The van der Waals surface area contributed by atoms with Crippen molar-refractivity contribution < 1.29 is 4.42 Å². The van der Waals surface area contributed by atoms with Crippen molar-refractivity contribution in [3.8, 4) is 0 Å². The van der Waals surface area contributed by atoms with Crippen molar-refractivity contribution in [2.45, 2.75) is 57.9 Å². The van der Waals surface area contributed by atoms with Crippen LogP contribution in [0.4, 0.5) is 0 Å². The van der Waals surface area contributed by atoms with Crippen molar-refractivity contribution in [2.75, 3.05) is 6.54 Å². The fourth-order valence-electron chi connectivity index (χ4n) is 1.91. The van der Waals surface area contributed by atoms with E-state index in [1.54, 1.807) is 0 Å². The number of hydrogen-bond donors (Lipinski definition) is 1. The quantitative estimate of drug-likeness (QED) is 0.771. The van der Waals surface area contributed by atoms with E-state index < -0.39 is 0 Å². The second-order valence-electron chi connectivity index (χ2n) is 4.82. The summed E-state index contributed by atoms with van der Waals surface area (Å²) in [5, 5.41) is 3.47. The largest absolute Gasteiger partial charge is 0.445 e. The molecule has 16 heavy (non-hydrogen) atoms. The average molecular weight is 222 g/mol. The zero-order valence-corrected chi connectivity index (χ0v) is 10.3. The first-order chi connectivity index (χ1) is 7.79. The van der Waals surface area contributed by atoms with Crippen LogP contribution in [-0.4, -0.2) is 17.6 Å². The maximum atomic E-state index is 5.75.